The zero-order valence-electron chi connectivity index (χ0n) is 15.9. The van der Waals surface area contributed by atoms with Gasteiger partial charge in [0.25, 0.3) is 5.91 Å². The van der Waals surface area contributed by atoms with Crippen LogP contribution in [-0.4, -0.2) is 44.5 Å². The maximum atomic E-state index is 12.8. The van der Waals surface area contributed by atoms with Crippen molar-refractivity contribution in [3.8, 4) is 0 Å². The first kappa shape index (κ1) is 17.4. The summed E-state index contributed by atoms with van der Waals surface area (Å²) in [5.74, 6) is -0.0538. The van der Waals surface area contributed by atoms with Crippen LogP contribution in [0.2, 0.25) is 0 Å². The smallest absolute Gasteiger partial charge is 0.253 e. The summed E-state index contributed by atoms with van der Waals surface area (Å²) in [6.07, 6.45) is 8.03. The predicted molar refractivity (Wildman–Crippen MR) is 108 cm³/mol. The fourth-order valence-electron chi connectivity index (χ4n) is 4.09. The molecule has 6 nitrogen and oxygen atoms in total. The Hall–Kier alpha value is -2.73. The van der Waals surface area contributed by atoms with Crippen LogP contribution in [0.15, 0.2) is 48.9 Å². The molecular formula is C22H25N5O. The molecule has 1 unspecified atom stereocenters. The molecule has 1 atom stereocenters. The Labute approximate surface area is 164 Å². The number of carbonyl (C=O) groups excluding carboxylic acids is 1. The van der Waals surface area contributed by atoms with Crippen LogP contribution in [0, 0.1) is 0 Å². The van der Waals surface area contributed by atoms with E-state index in [-0.39, 0.29) is 11.9 Å². The molecule has 3 aromatic rings. The van der Waals surface area contributed by atoms with Crippen LogP contribution in [0.1, 0.15) is 47.6 Å². The van der Waals surface area contributed by atoms with Crippen molar-refractivity contribution in [2.24, 2.45) is 0 Å². The van der Waals surface area contributed by atoms with Gasteiger partial charge in [-0.3, -0.25) is 9.69 Å². The number of benzene rings is 1. The maximum absolute atomic E-state index is 12.8. The number of imidazole rings is 1. The second-order valence-electron chi connectivity index (χ2n) is 7.98. The van der Waals surface area contributed by atoms with E-state index in [1.807, 2.05) is 18.5 Å². The predicted octanol–water partition coefficient (Wildman–Crippen LogP) is 3.16. The van der Waals surface area contributed by atoms with E-state index in [9.17, 15) is 4.79 Å². The number of nitrogens with one attached hydrogen (secondary N) is 1. The molecule has 0 bridgehead atoms. The van der Waals surface area contributed by atoms with Crippen molar-refractivity contribution >= 4 is 17.1 Å². The number of likely N-dealkylation sites (tertiary alicyclic amines) is 1. The monoisotopic (exact) mass is 375 g/mol. The molecule has 2 aliphatic rings. The van der Waals surface area contributed by atoms with Gasteiger partial charge in [0.05, 0.1) is 11.9 Å². The van der Waals surface area contributed by atoms with E-state index < -0.39 is 0 Å². The van der Waals surface area contributed by atoms with Crippen LogP contribution in [0.5, 0.6) is 0 Å². The molecule has 3 heterocycles. The molecule has 28 heavy (non-hydrogen) atoms. The van der Waals surface area contributed by atoms with Gasteiger partial charge < -0.3 is 9.88 Å². The molecule has 5 rings (SSSR count). The van der Waals surface area contributed by atoms with Gasteiger partial charge >= 0.3 is 0 Å². The van der Waals surface area contributed by atoms with Crippen molar-refractivity contribution in [2.45, 2.75) is 44.3 Å². The van der Waals surface area contributed by atoms with E-state index in [4.69, 9.17) is 0 Å². The molecule has 1 saturated heterocycles. The van der Waals surface area contributed by atoms with Gasteiger partial charge in [-0.1, -0.05) is 30.3 Å². The van der Waals surface area contributed by atoms with Gasteiger partial charge in [0.2, 0.25) is 0 Å². The first-order valence-corrected chi connectivity index (χ1v) is 10.2. The molecule has 1 N–H and O–H groups in total. The van der Waals surface area contributed by atoms with Gasteiger partial charge in [-0.15, -0.1) is 0 Å². The topological polar surface area (TPSA) is 63.1 Å². The average molecular weight is 375 g/mol. The largest absolute Gasteiger partial charge is 0.348 e. The summed E-state index contributed by atoms with van der Waals surface area (Å²) in [7, 11) is 0. The molecule has 1 aliphatic heterocycles. The summed E-state index contributed by atoms with van der Waals surface area (Å²) in [6.45, 7) is 2.89. The molecule has 1 aliphatic carbocycles. The van der Waals surface area contributed by atoms with E-state index in [1.165, 1.54) is 18.4 Å². The van der Waals surface area contributed by atoms with Gasteiger partial charge in [0, 0.05) is 31.4 Å². The maximum Gasteiger partial charge on any atom is 0.253 e. The van der Waals surface area contributed by atoms with Crippen LogP contribution < -0.4 is 5.32 Å². The highest BCUT2D eigenvalue weighted by Gasteiger charge is 2.26. The minimum Gasteiger partial charge on any atom is -0.348 e. The minimum atomic E-state index is -0.0538. The Morgan fingerprint density at radius 2 is 2.00 bits per heavy atom. The third-order valence-electron chi connectivity index (χ3n) is 5.71. The third-order valence-corrected chi connectivity index (χ3v) is 5.71. The number of hydrogen-bond acceptors (Lipinski definition) is 4. The first-order valence-electron chi connectivity index (χ1n) is 10.2. The molecule has 6 heteroatoms. The lowest BCUT2D eigenvalue weighted by molar-refractivity contribution is 0.0900. The fourth-order valence-corrected chi connectivity index (χ4v) is 4.09. The lowest BCUT2D eigenvalue weighted by Crippen LogP contribution is -2.47. The number of piperidine rings is 1. The minimum absolute atomic E-state index is 0.0538. The molecule has 1 amide bonds. The number of rotatable bonds is 5. The second-order valence-corrected chi connectivity index (χ2v) is 7.98. The zero-order valence-corrected chi connectivity index (χ0v) is 15.9. The number of aromatic nitrogens is 3. The molecule has 1 aromatic carbocycles. The Morgan fingerprint density at radius 1 is 1.14 bits per heavy atom. The highest BCUT2D eigenvalue weighted by molar-refractivity contribution is 5.96. The fraction of sp³-hybridized carbons (Fsp3) is 0.409. The summed E-state index contributed by atoms with van der Waals surface area (Å²) in [5, 5.41) is 3.20. The van der Waals surface area contributed by atoms with Crippen LogP contribution in [-0.2, 0) is 6.54 Å². The summed E-state index contributed by atoms with van der Waals surface area (Å²) in [6, 6.07) is 13.1. The van der Waals surface area contributed by atoms with E-state index in [2.05, 4.69) is 49.0 Å². The summed E-state index contributed by atoms with van der Waals surface area (Å²) >= 11 is 0. The quantitative estimate of drug-likeness (QED) is 0.744. The van der Waals surface area contributed by atoms with Crippen LogP contribution in [0.4, 0.5) is 0 Å². The SMILES string of the molecule is O=C(NC1CCCN(Cc2ccccc2)C1)c1cnc2c(c1)ncn2C1CC1. The highest BCUT2D eigenvalue weighted by atomic mass is 16.1. The number of hydrogen-bond donors (Lipinski definition) is 1. The van der Waals surface area contributed by atoms with Crippen molar-refractivity contribution in [2.75, 3.05) is 13.1 Å². The molecule has 0 radical (unpaired) electrons. The lowest BCUT2D eigenvalue weighted by Gasteiger charge is -2.33. The van der Waals surface area contributed by atoms with Gasteiger partial charge in [-0.25, -0.2) is 9.97 Å². The normalized spacial score (nSPS) is 20.4. The Kier molecular flexibility index (Phi) is 4.56. The standard InChI is InChI=1S/C22H25N5O/c28-22(17-11-20-21(23-12-17)27(15-24-20)19-8-9-19)25-18-7-4-10-26(14-18)13-16-5-2-1-3-6-16/h1-3,5-6,11-12,15,18-19H,4,7-10,13-14H2,(H,25,28). The number of fused-ring (bicyclic) bond motifs is 1. The lowest BCUT2D eigenvalue weighted by atomic mass is 10.0. The Bertz CT molecular complexity index is 979. The van der Waals surface area contributed by atoms with Crippen molar-refractivity contribution in [3.05, 3.63) is 60.0 Å². The molecule has 1 saturated carbocycles. The van der Waals surface area contributed by atoms with E-state index in [0.717, 1.165) is 43.6 Å². The zero-order chi connectivity index (χ0) is 18.9. The van der Waals surface area contributed by atoms with Gasteiger partial charge in [0.1, 0.15) is 5.52 Å². The summed E-state index contributed by atoms with van der Waals surface area (Å²) < 4.78 is 2.12. The molecular weight excluding hydrogens is 350 g/mol. The molecule has 2 fully saturated rings. The van der Waals surface area contributed by atoms with Crippen molar-refractivity contribution in [1.82, 2.24) is 24.8 Å². The Morgan fingerprint density at radius 3 is 2.82 bits per heavy atom. The third kappa shape index (κ3) is 3.64. The summed E-state index contributed by atoms with van der Waals surface area (Å²) in [5.41, 5.74) is 3.59. The van der Waals surface area contributed by atoms with Gasteiger partial charge in [-0.05, 0) is 43.9 Å². The van der Waals surface area contributed by atoms with Gasteiger partial charge in [-0.2, -0.15) is 0 Å². The number of amides is 1. The van der Waals surface area contributed by atoms with Crippen LogP contribution in [0.3, 0.4) is 0 Å². The van der Waals surface area contributed by atoms with Crippen LogP contribution in [0.25, 0.3) is 11.2 Å². The van der Waals surface area contributed by atoms with Crippen molar-refractivity contribution in [3.63, 3.8) is 0 Å². The molecule has 0 spiro atoms. The molecule has 2 aromatic heterocycles. The van der Waals surface area contributed by atoms with Crippen molar-refractivity contribution < 1.29 is 4.79 Å². The number of pyridine rings is 1. The summed E-state index contributed by atoms with van der Waals surface area (Å²) in [4.78, 5) is 24.1. The number of carbonyl (C=O) groups is 1. The average Bonchev–Trinajstić information content (AvgIpc) is 3.47. The van der Waals surface area contributed by atoms with E-state index >= 15 is 0 Å². The first-order chi connectivity index (χ1) is 13.8. The van der Waals surface area contributed by atoms with E-state index in [1.54, 1.807) is 6.20 Å². The molecule has 144 valence electrons. The van der Waals surface area contributed by atoms with Crippen molar-refractivity contribution in [1.29, 1.82) is 0 Å². The highest BCUT2D eigenvalue weighted by Crippen LogP contribution is 2.36. The number of nitrogens with zero attached hydrogens (tertiary/aromatic N) is 4. The van der Waals surface area contributed by atoms with Gasteiger partial charge in [0.15, 0.2) is 5.65 Å². The second kappa shape index (κ2) is 7.36. The van der Waals surface area contributed by atoms with E-state index in [0.29, 0.717) is 11.6 Å². The Balaban J connectivity index is 1.24. The van der Waals surface area contributed by atoms with Crippen LogP contribution >= 0.6 is 0 Å².